The minimum absolute atomic E-state index is 0.143. The molecule has 0 radical (unpaired) electrons. The van der Waals surface area contributed by atoms with Gasteiger partial charge in [-0.1, -0.05) is 30.3 Å². The zero-order chi connectivity index (χ0) is 23.4. The van der Waals surface area contributed by atoms with Crippen LogP contribution in [0.15, 0.2) is 67.1 Å². The maximum atomic E-state index is 12.4. The van der Waals surface area contributed by atoms with E-state index in [0.717, 1.165) is 11.7 Å². The van der Waals surface area contributed by atoms with Crippen molar-refractivity contribution in [3.05, 3.63) is 92.9 Å². The van der Waals surface area contributed by atoms with Crippen molar-refractivity contribution in [1.82, 2.24) is 20.4 Å². The first-order chi connectivity index (χ1) is 16.0. The van der Waals surface area contributed by atoms with Crippen LogP contribution in [0, 0.1) is 20.2 Å². The number of hydrogen-bond donors (Lipinski definition) is 3. The Hall–Kier alpha value is -5.20. The van der Waals surface area contributed by atoms with Crippen molar-refractivity contribution in [2.24, 2.45) is 0 Å². The quantitative estimate of drug-likeness (QED) is 0.281. The molecule has 1 amide bonds. The van der Waals surface area contributed by atoms with Crippen LogP contribution in [0.4, 0.5) is 28.7 Å². The number of carbonyl (C=O) groups excluding carboxylic acids is 1. The molecule has 3 N–H and O–H groups in total. The molecular formula is C20H14N8O5. The number of nitro benzene ring substituents is 1. The van der Waals surface area contributed by atoms with Gasteiger partial charge in [-0.15, -0.1) is 0 Å². The Morgan fingerprint density at radius 3 is 2.39 bits per heavy atom. The number of rotatable bonds is 7. The monoisotopic (exact) mass is 446 g/mol. The van der Waals surface area contributed by atoms with Crippen molar-refractivity contribution in [3.63, 3.8) is 0 Å². The van der Waals surface area contributed by atoms with E-state index in [0.29, 0.717) is 11.2 Å². The highest BCUT2D eigenvalue weighted by molar-refractivity contribution is 5.99. The number of nitrogens with zero attached hydrogens (tertiary/aromatic N) is 5. The van der Waals surface area contributed by atoms with Crippen LogP contribution in [0.2, 0.25) is 0 Å². The van der Waals surface area contributed by atoms with E-state index in [9.17, 15) is 25.0 Å². The van der Waals surface area contributed by atoms with E-state index < -0.39 is 27.1 Å². The number of pyridine rings is 1. The number of nitro groups is 2. The van der Waals surface area contributed by atoms with Crippen molar-refractivity contribution in [3.8, 4) is 0 Å². The van der Waals surface area contributed by atoms with Gasteiger partial charge in [-0.2, -0.15) is 0 Å². The molecular weight excluding hydrogens is 432 g/mol. The third kappa shape index (κ3) is 4.32. The SMILES string of the molecule is O=C(NNc1ncnc(Nc2cccc3cccnc23)c1[N+](=O)[O-])c1ccccc1[N+](=O)[O-]. The van der Waals surface area contributed by atoms with Crippen LogP contribution in [-0.4, -0.2) is 30.7 Å². The number of hydrazine groups is 1. The minimum atomic E-state index is -0.872. The minimum Gasteiger partial charge on any atom is -0.332 e. The Morgan fingerprint density at radius 1 is 0.848 bits per heavy atom. The van der Waals surface area contributed by atoms with Crippen LogP contribution in [0.1, 0.15) is 10.4 Å². The van der Waals surface area contributed by atoms with Crippen LogP contribution in [0.5, 0.6) is 0 Å². The molecule has 0 saturated carbocycles. The van der Waals surface area contributed by atoms with E-state index >= 15 is 0 Å². The first-order valence-corrected chi connectivity index (χ1v) is 9.35. The summed E-state index contributed by atoms with van der Waals surface area (Å²) in [7, 11) is 0. The third-order valence-electron chi connectivity index (χ3n) is 4.53. The summed E-state index contributed by atoms with van der Waals surface area (Å²) in [6.07, 6.45) is 2.65. The molecule has 0 saturated heterocycles. The smallest absolute Gasteiger partial charge is 0.332 e. The lowest BCUT2D eigenvalue weighted by Crippen LogP contribution is -2.30. The van der Waals surface area contributed by atoms with E-state index in [-0.39, 0.29) is 17.2 Å². The molecule has 13 heteroatoms. The maximum absolute atomic E-state index is 12.4. The number of aromatic nitrogens is 3. The fourth-order valence-electron chi connectivity index (χ4n) is 3.08. The highest BCUT2D eigenvalue weighted by Crippen LogP contribution is 2.32. The summed E-state index contributed by atoms with van der Waals surface area (Å²) in [4.78, 5) is 46.0. The van der Waals surface area contributed by atoms with Crippen molar-refractivity contribution in [1.29, 1.82) is 0 Å². The summed E-state index contributed by atoms with van der Waals surface area (Å²) in [5.74, 6) is -1.34. The summed E-state index contributed by atoms with van der Waals surface area (Å²) in [5, 5.41) is 26.6. The molecule has 33 heavy (non-hydrogen) atoms. The van der Waals surface area contributed by atoms with Gasteiger partial charge in [0.05, 0.1) is 21.1 Å². The van der Waals surface area contributed by atoms with Crippen molar-refractivity contribution >= 4 is 45.5 Å². The fraction of sp³-hybridized carbons (Fsp3) is 0. The second-order valence-corrected chi connectivity index (χ2v) is 6.54. The van der Waals surface area contributed by atoms with E-state index in [2.05, 4.69) is 31.1 Å². The van der Waals surface area contributed by atoms with Crippen LogP contribution >= 0.6 is 0 Å². The molecule has 0 unspecified atom stereocenters. The van der Waals surface area contributed by atoms with Gasteiger partial charge in [0.15, 0.2) is 0 Å². The largest absolute Gasteiger partial charge is 0.355 e. The summed E-state index contributed by atoms with van der Waals surface area (Å²) < 4.78 is 0. The number of carbonyl (C=O) groups is 1. The predicted molar refractivity (Wildman–Crippen MR) is 118 cm³/mol. The standard InChI is InChI=1S/C20H14N8O5/c29-20(13-7-1-2-9-15(13)27(30)31)26-25-19-17(28(32)33)18(22-11-23-19)24-14-8-3-5-12-6-4-10-21-16(12)14/h1-11H,(H,26,29)(H2,22,23,24,25). The summed E-state index contributed by atoms with van der Waals surface area (Å²) in [5.41, 5.74) is 4.41. The summed E-state index contributed by atoms with van der Waals surface area (Å²) in [6, 6.07) is 14.2. The van der Waals surface area contributed by atoms with Crippen LogP contribution in [0.25, 0.3) is 10.9 Å². The molecule has 0 aliphatic rings. The first kappa shape index (κ1) is 21.0. The van der Waals surface area contributed by atoms with E-state index in [1.54, 1.807) is 24.4 Å². The number of benzene rings is 2. The molecule has 4 aromatic rings. The molecule has 2 aromatic heterocycles. The lowest BCUT2D eigenvalue weighted by Gasteiger charge is -2.12. The second kappa shape index (κ2) is 8.89. The highest BCUT2D eigenvalue weighted by atomic mass is 16.6. The second-order valence-electron chi connectivity index (χ2n) is 6.54. The van der Waals surface area contributed by atoms with Crippen LogP contribution in [0.3, 0.4) is 0 Å². The summed E-state index contributed by atoms with van der Waals surface area (Å²) >= 11 is 0. The molecule has 13 nitrogen and oxygen atoms in total. The van der Waals surface area contributed by atoms with Gasteiger partial charge in [0, 0.05) is 17.6 Å². The average molecular weight is 446 g/mol. The lowest BCUT2D eigenvalue weighted by atomic mass is 10.2. The third-order valence-corrected chi connectivity index (χ3v) is 4.53. The molecule has 2 aromatic carbocycles. The highest BCUT2D eigenvalue weighted by Gasteiger charge is 2.25. The average Bonchev–Trinajstić information content (AvgIpc) is 2.82. The van der Waals surface area contributed by atoms with Gasteiger partial charge < -0.3 is 5.32 Å². The Kier molecular flexibility index (Phi) is 5.67. The maximum Gasteiger partial charge on any atom is 0.355 e. The molecule has 4 rings (SSSR count). The van der Waals surface area contributed by atoms with Crippen molar-refractivity contribution in [2.45, 2.75) is 0 Å². The van der Waals surface area contributed by atoms with Crippen LogP contribution in [-0.2, 0) is 0 Å². The Labute approximate surface area is 184 Å². The van der Waals surface area contributed by atoms with E-state index in [1.165, 1.54) is 24.3 Å². The predicted octanol–water partition coefficient (Wildman–Crippen LogP) is 3.34. The van der Waals surface area contributed by atoms with E-state index in [1.807, 2.05) is 12.1 Å². The van der Waals surface area contributed by atoms with Gasteiger partial charge in [0.1, 0.15) is 11.9 Å². The Balaban J connectivity index is 1.63. The Bertz CT molecular complexity index is 1390. The van der Waals surface area contributed by atoms with Gasteiger partial charge >= 0.3 is 5.69 Å². The van der Waals surface area contributed by atoms with E-state index in [4.69, 9.17) is 0 Å². The number of nitrogens with one attached hydrogen (secondary N) is 3. The molecule has 0 spiro atoms. The number of hydrogen-bond acceptors (Lipinski definition) is 10. The normalized spacial score (nSPS) is 10.4. The number of anilines is 3. The summed E-state index contributed by atoms with van der Waals surface area (Å²) in [6.45, 7) is 0. The molecule has 164 valence electrons. The topological polar surface area (TPSA) is 178 Å². The van der Waals surface area contributed by atoms with Gasteiger partial charge in [-0.05, 0) is 18.2 Å². The van der Waals surface area contributed by atoms with Gasteiger partial charge in [0.25, 0.3) is 11.6 Å². The molecule has 2 heterocycles. The van der Waals surface area contributed by atoms with Crippen LogP contribution < -0.4 is 16.2 Å². The fourth-order valence-corrected chi connectivity index (χ4v) is 3.08. The lowest BCUT2D eigenvalue weighted by molar-refractivity contribution is -0.385. The molecule has 0 atom stereocenters. The van der Waals surface area contributed by atoms with Crippen molar-refractivity contribution in [2.75, 3.05) is 10.7 Å². The number of amides is 1. The molecule has 0 bridgehead atoms. The molecule has 0 aliphatic heterocycles. The van der Waals surface area contributed by atoms with Crippen molar-refractivity contribution < 1.29 is 14.6 Å². The Morgan fingerprint density at radius 2 is 1.61 bits per heavy atom. The molecule has 0 fully saturated rings. The molecule has 0 aliphatic carbocycles. The number of para-hydroxylation sites is 2. The van der Waals surface area contributed by atoms with Gasteiger partial charge in [-0.3, -0.25) is 40.9 Å². The first-order valence-electron chi connectivity index (χ1n) is 9.35. The number of fused-ring (bicyclic) bond motifs is 1. The van der Waals surface area contributed by atoms with Gasteiger partial charge in [-0.25, -0.2) is 9.97 Å². The zero-order valence-corrected chi connectivity index (χ0v) is 16.6. The van der Waals surface area contributed by atoms with Gasteiger partial charge in [0.2, 0.25) is 11.6 Å². The zero-order valence-electron chi connectivity index (χ0n) is 16.6.